The third-order valence-corrected chi connectivity index (χ3v) is 6.34. The molecule has 7 heteroatoms. The molecule has 0 aliphatic rings. The summed E-state index contributed by atoms with van der Waals surface area (Å²) in [6.07, 6.45) is 0.822. The zero-order valence-electron chi connectivity index (χ0n) is 16.0. The van der Waals surface area contributed by atoms with Crippen LogP contribution in [0.15, 0.2) is 88.7 Å². The summed E-state index contributed by atoms with van der Waals surface area (Å²) in [5, 5.41) is 6.58. The Kier molecular flexibility index (Phi) is 6.85. The molecule has 0 saturated carbocycles. The van der Waals surface area contributed by atoms with E-state index in [9.17, 15) is 8.42 Å². The van der Waals surface area contributed by atoms with Crippen LogP contribution in [-0.4, -0.2) is 27.2 Å². The summed E-state index contributed by atoms with van der Waals surface area (Å²) in [6.45, 7) is 0.653. The van der Waals surface area contributed by atoms with Gasteiger partial charge in [0, 0.05) is 6.54 Å². The molecular formula is C22H22N2O3S2. The monoisotopic (exact) mass is 426 g/mol. The fourth-order valence-electron chi connectivity index (χ4n) is 2.82. The number of hydrogen-bond acceptors (Lipinski definition) is 4. The molecule has 0 aliphatic heterocycles. The van der Waals surface area contributed by atoms with E-state index in [-0.39, 0.29) is 9.79 Å². The molecule has 2 N–H and O–H groups in total. The zero-order chi connectivity index (χ0) is 20.7. The van der Waals surface area contributed by atoms with Gasteiger partial charge in [0.25, 0.3) is 0 Å². The summed E-state index contributed by atoms with van der Waals surface area (Å²) in [6, 6.07) is 23.1. The van der Waals surface area contributed by atoms with Crippen LogP contribution in [0.1, 0.15) is 5.56 Å². The van der Waals surface area contributed by atoms with Crippen molar-refractivity contribution in [2.24, 2.45) is 0 Å². The van der Waals surface area contributed by atoms with Gasteiger partial charge in [0.1, 0.15) is 5.75 Å². The van der Waals surface area contributed by atoms with Gasteiger partial charge in [0.05, 0.1) is 22.6 Å². The fourth-order valence-corrected chi connectivity index (χ4v) is 4.34. The quantitative estimate of drug-likeness (QED) is 0.556. The lowest BCUT2D eigenvalue weighted by atomic mass is 10.1. The van der Waals surface area contributed by atoms with E-state index in [1.54, 1.807) is 36.4 Å². The second-order valence-corrected chi connectivity index (χ2v) is 8.65. The van der Waals surface area contributed by atoms with Crippen LogP contribution in [0.3, 0.4) is 0 Å². The van der Waals surface area contributed by atoms with Crippen LogP contribution in [-0.2, 0) is 16.3 Å². The van der Waals surface area contributed by atoms with Crippen LogP contribution >= 0.6 is 12.2 Å². The minimum atomic E-state index is -3.63. The molecule has 0 unspecified atom stereocenters. The maximum atomic E-state index is 12.9. The maximum Gasteiger partial charge on any atom is 0.206 e. The first kappa shape index (κ1) is 20.8. The van der Waals surface area contributed by atoms with Crippen molar-refractivity contribution in [1.29, 1.82) is 0 Å². The van der Waals surface area contributed by atoms with E-state index in [4.69, 9.17) is 17.0 Å². The Morgan fingerprint density at radius 3 is 2.24 bits per heavy atom. The van der Waals surface area contributed by atoms with Crippen molar-refractivity contribution in [1.82, 2.24) is 5.32 Å². The average Bonchev–Trinajstić information content (AvgIpc) is 2.75. The minimum absolute atomic E-state index is 0.166. The van der Waals surface area contributed by atoms with Gasteiger partial charge >= 0.3 is 0 Å². The number of nitrogens with one attached hydrogen (secondary N) is 2. The number of thiocarbonyl (C=S) groups is 1. The fraction of sp³-hybridized carbons (Fsp3) is 0.136. The van der Waals surface area contributed by atoms with Gasteiger partial charge in [0.2, 0.25) is 9.84 Å². The van der Waals surface area contributed by atoms with E-state index in [2.05, 4.69) is 22.8 Å². The van der Waals surface area contributed by atoms with Crippen molar-refractivity contribution in [2.45, 2.75) is 16.2 Å². The topological polar surface area (TPSA) is 67.4 Å². The lowest BCUT2D eigenvalue weighted by Gasteiger charge is -2.15. The molecule has 150 valence electrons. The van der Waals surface area contributed by atoms with Gasteiger partial charge in [-0.3, -0.25) is 0 Å². The lowest BCUT2D eigenvalue weighted by molar-refractivity contribution is 0.416. The van der Waals surface area contributed by atoms with E-state index in [0.29, 0.717) is 23.1 Å². The van der Waals surface area contributed by atoms with E-state index in [1.165, 1.54) is 24.8 Å². The van der Waals surface area contributed by atoms with Gasteiger partial charge in [-0.15, -0.1) is 0 Å². The zero-order valence-corrected chi connectivity index (χ0v) is 17.6. The standard InChI is InChI=1S/C22H22N2O3S2/c1-27-21-13-12-19(29(25,26)18-10-6-3-7-11-18)16-20(21)24-22(28)23-15-14-17-8-4-2-5-9-17/h2-13,16H,14-15H2,1H3,(H2,23,24,28). The molecule has 0 aliphatic carbocycles. The predicted octanol–water partition coefficient (Wildman–Crippen LogP) is 4.06. The molecule has 0 saturated heterocycles. The van der Waals surface area contributed by atoms with Crippen molar-refractivity contribution >= 4 is 32.9 Å². The molecule has 0 spiro atoms. The largest absolute Gasteiger partial charge is 0.495 e. The normalized spacial score (nSPS) is 10.9. The van der Waals surface area contributed by atoms with Gasteiger partial charge in [-0.1, -0.05) is 48.5 Å². The average molecular weight is 427 g/mol. The van der Waals surface area contributed by atoms with E-state index in [1.807, 2.05) is 18.2 Å². The van der Waals surface area contributed by atoms with E-state index < -0.39 is 9.84 Å². The van der Waals surface area contributed by atoms with Crippen LogP contribution in [0.4, 0.5) is 5.69 Å². The molecule has 0 atom stereocenters. The highest BCUT2D eigenvalue weighted by Gasteiger charge is 2.19. The SMILES string of the molecule is COc1ccc(S(=O)(=O)c2ccccc2)cc1NC(=S)NCCc1ccccc1. The number of benzene rings is 3. The molecule has 0 radical (unpaired) electrons. The van der Waals surface area contributed by atoms with Crippen molar-refractivity contribution in [3.05, 3.63) is 84.4 Å². The molecule has 29 heavy (non-hydrogen) atoms. The van der Waals surface area contributed by atoms with Gasteiger partial charge < -0.3 is 15.4 Å². The molecule has 0 amide bonds. The number of sulfone groups is 1. The molecule has 0 heterocycles. The number of anilines is 1. The number of rotatable bonds is 7. The van der Waals surface area contributed by atoms with Crippen molar-refractivity contribution in [2.75, 3.05) is 19.0 Å². The smallest absolute Gasteiger partial charge is 0.206 e. The summed E-state index contributed by atoms with van der Waals surface area (Å²) in [5.74, 6) is 0.504. The molecular weight excluding hydrogens is 404 g/mol. The van der Waals surface area contributed by atoms with Gasteiger partial charge in [0.15, 0.2) is 5.11 Å². The highest BCUT2D eigenvalue weighted by molar-refractivity contribution is 7.91. The van der Waals surface area contributed by atoms with E-state index in [0.717, 1.165) is 6.42 Å². The molecule has 3 aromatic carbocycles. The molecule has 5 nitrogen and oxygen atoms in total. The van der Waals surface area contributed by atoms with Crippen LogP contribution in [0, 0.1) is 0 Å². The minimum Gasteiger partial charge on any atom is -0.495 e. The van der Waals surface area contributed by atoms with Gasteiger partial charge in [-0.25, -0.2) is 8.42 Å². The van der Waals surface area contributed by atoms with Gasteiger partial charge in [-0.2, -0.15) is 0 Å². The molecule has 3 aromatic rings. The van der Waals surface area contributed by atoms with Crippen molar-refractivity contribution < 1.29 is 13.2 Å². The first-order valence-corrected chi connectivity index (χ1v) is 11.0. The Morgan fingerprint density at radius 1 is 0.931 bits per heavy atom. The van der Waals surface area contributed by atoms with Crippen molar-refractivity contribution in [3.63, 3.8) is 0 Å². The highest BCUT2D eigenvalue weighted by atomic mass is 32.2. The summed E-state index contributed by atoms with van der Waals surface area (Å²) in [4.78, 5) is 0.402. The van der Waals surface area contributed by atoms with Gasteiger partial charge in [-0.05, 0) is 54.5 Å². The first-order chi connectivity index (χ1) is 14.0. The van der Waals surface area contributed by atoms with Crippen LogP contribution in [0.2, 0.25) is 0 Å². The summed E-state index contributed by atoms with van der Waals surface area (Å²) >= 11 is 5.36. The molecule has 0 fully saturated rings. The Bertz CT molecular complexity index is 1070. The summed E-state index contributed by atoms with van der Waals surface area (Å²) in [7, 11) is -2.11. The Balaban J connectivity index is 1.73. The lowest BCUT2D eigenvalue weighted by Crippen LogP contribution is -2.30. The number of hydrogen-bond donors (Lipinski definition) is 2. The van der Waals surface area contributed by atoms with E-state index >= 15 is 0 Å². The third-order valence-electron chi connectivity index (χ3n) is 4.33. The third kappa shape index (κ3) is 5.34. The van der Waals surface area contributed by atoms with Crippen LogP contribution in [0.25, 0.3) is 0 Å². The Morgan fingerprint density at radius 2 is 1.59 bits per heavy atom. The Labute approximate surface area is 176 Å². The van der Waals surface area contributed by atoms with Crippen molar-refractivity contribution in [3.8, 4) is 5.75 Å². The second-order valence-electron chi connectivity index (χ2n) is 6.30. The Hall–Kier alpha value is -2.90. The predicted molar refractivity (Wildman–Crippen MR) is 119 cm³/mol. The molecule has 3 rings (SSSR count). The maximum absolute atomic E-state index is 12.9. The van der Waals surface area contributed by atoms with Crippen LogP contribution < -0.4 is 15.4 Å². The summed E-state index contributed by atoms with van der Waals surface area (Å²) < 4.78 is 31.1. The summed E-state index contributed by atoms with van der Waals surface area (Å²) in [5.41, 5.74) is 1.69. The molecule has 0 bridgehead atoms. The van der Waals surface area contributed by atoms with Crippen LogP contribution in [0.5, 0.6) is 5.75 Å². The highest BCUT2D eigenvalue weighted by Crippen LogP contribution is 2.30. The molecule has 0 aromatic heterocycles. The number of methoxy groups -OCH3 is 1. The first-order valence-electron chi connectivity index (χ1n) is 9.07. The number of ether oxygens (including phenoxy) is 1. The second kappa shape index (κ2) is 9.54.